The number of ether oxygens (including phenoxy) is 8. The number of ketones is 4. The maximum Gasteiger partial charge on any atom is 0.251 e. The molecule has 10 rings (SSSR count). The highest BCUT2D eigenvalue weighted by atomic mass is 32.2. The smallest absolute Gasteiger partial charge is 0.251 e. The number of phenols is 2. The zero-order valence-electron chi connectivity index (χ0n) is 59.7. The molecule has 2 aromatic heterocycles. The molecule has 3 saturated heterocycles. The number of rotatable bonds is 31. The van der Waals surface area contributed by atoms with Crippen LogP contribution in [0.2, 0.25) is 0 Å². The Kier molecular flexibility index (Phi) is 30.2. The molecule has 7 N–H and O–H groups in total. The van der Waals surface area contributed by atoms with Gasteiger partial charge in [-0.15, -0.1) is 11.3 Å². The third-order valence-electron chi connectivity index (χ3n) is 17.7. The zero-order valence-corrected chi connectivity index (χ0v) is 62.1. The van der Waals surface area contributed by atoms with Crippen LogP contribution in [0, 0.1) is 0 Å². The Morgan fingerprint density at radius 1 is 0.796 bits per heavy atom. The Morgan fingerprint density at radius 2 is 1.48 bits per heavy atom. The fourth-order valence-corrected chi connectivity index (χ4v) is 14.5. The molecule has 32 heteroatoms. The Morgan fingerprint density at radius 3 is 2.15 bits per heavy atom. The summed E-state index contributed by atoms with van der Waals surface area (Å²) in [5.41, 5.74) is 1.83. The van der Waals surface area contributed by atoms with Crippen LogP contribution in [-0.2, 0) is 92.0 Å². The summed E-state index contributed by atoms with van der Waals surface area (Å²) in [7, 11) is 4.48. The summed E-state index contributed by atoms with van der Waals surface area (Å²) in [6.07, 6.45) is 1.45. The van der Waals surface area contributed by atoms with E-state index in [1.54, 1.807) is 55.2 Å². The molecule has 3 aromatic carbocycles. The van der Waals surface area contributed by atoms with Crippen LogP contribution in [-0.4, -0.2) is 229 Å². The quantitative estimate of drug-likeness (QED) is 0.0213. The number of Topliss-reactive ketones (excluding diaryl/α,β-unsaturated/α-hetero) is 2. The van der Waals surface area contributed by atoms with Crippen molar-refractivity contribution in [3.05, 3.63) is 103 Å². The van der Waals surface area contributed by atoms with E-state index < -0.39 is 65.2 Å². The fraction of sp³-hybridized carbons (Fsp3) is 0.549. The Labute approximate surface area is 610 Å². The Bertz CT molecular complexity index is 3880. The molecule has 0 spiro atoms. The summed E-state index contributed by atoms with van der Waals surface area (Å²) in [6.45, 7) is 12.2. The van der Waals surface area contributed by atoms with Gasteiger partial charge in [0.25, 0.3) is 5.91 Å². The molecule has 5 amide bonds. The van der Waals surface area contributed by atoms with Crippen LogP contribution < -0.4 is 26.0 Å². The second-order valence-corrected chi connectivity index (χ2v) is 27.6. The zero-order chi connectivity index (χ0) is 74.7. The second kappa shape index (κ2) is 38.4. The van der Waals surface area contributed by atoms with Crippen molar-refractivity contribution < 1.29 is 96.4 Å². The number of aliphatic hydroxyl groups is 1. The molecule has 3 aliphatic heterocycles. The lowest BCUT2D eigenvalue weighted by molar-refractivity contribution is -0.256. The predicted octanol–water partition coefficient (Wildman–Crippen LogP) is 5.34. The van der Waals surface area contributed by atoms with E-state index in [4.69, 9.17) is 47.9 Å². The van der Waals surface area contributed by atoms with Crippen molar-refractivity contribution in [3.8, 4) is 17.2 Å². The van der Waals surface area contributed by atoms with Crippen LogP contribution in [0.25, 0.3) is 11.0 Å². The van der Waals surface area contributed by atoms with Crippen molar-refractivity contribution >= 4 is 98.6 Å². The minimum Gasteiger partial charge on any atom is -0.507 e. The molecule has 29 nitrogen and oxygen atoms in total. The van der Waals surface area contributed by atoms with Gasteiger partial charge >= 0.3 is 0 Å². The lowest BCUT2D eigenvalue weighted by Gasteiger charge is -2.43. The number of hydrogen-bond acceptors (Lipinski definition) is 27. The summed E-state index contributed by atoms with van der Waals surface area (Å²) in [5.74, 6) is -2.37. The van der Waals surface area contributed by atoms with Crippen molar-refractivity contribution in [2.24, 2.45) is 0 Å². The molecule has 560 valence electrons. The van der Waals surface area contributed by atoms with Crippen molar-refractivity contribution in [3.63, 3.8) is 0 Å². The van der Waals surface area contributed by atoms with Crippen LogP contribution in [0.1, 0.15) is 161 Å². The number of aromatic hydroxyl groups is 2. The van der Waals surface area contributed by atoms with Gasteiger partial charge in [0.05, 0.1) is 110 Å². The van der Waals surface area contributed by atoms with E-state index in [1.165, 1.54) is 42.4 Å². The maximum absolute atomic E-state index is 14.2. The first-order chi connectivity index (χ1) is 49.4. The third-order valence-corrected chi connectivity index (χ3v) is 19.6. The molecular weight excluding hydrogens is 1400 g/mol. The van der Waals surface area contributed by atoms with Crippen molar-refractivity contribution in [2.75, 3.05) is 99.5 Å². The van der Waals surface area contributed by atoms with E-state index in [0.717, 1.165) is 40.3 Å². The van der Waals surface area contributed by atoms with Gasteiger partial charge in [0, 0.05) is 138 Å². The Balaban J connectivity index is 0.000000240. The van der Waals surface area contributed by atoms with Crippen molar-refractivity contribution in [2.45, 2.75) is 153 Å². The minimum absolute atomic E-state index is 0.00302. The molecular formula is C71H93N9O20S3. The van der Waals surface area contributed by atoms with E-state index in [2.05, 4.69) is 43.7 Å². The van der Waals surface area contributed by atoms with E-state index in [-0.39, 0.29) is 151 Å². The van der Waals surface area contributed by atoms with E-state index in [0.29, 0.717) is 69.5 Å². The second-order valence-electron chi connectivity index (χ2n) is 24.9. The number of carbonyl (C=O) groups is 9. The van der Waals surface area contributed by atoms with Gasteiger partial charge in [-0.05, 0) is 64.0 Å². The molecule has 2 aliphatic carbocycles. The SMILES string of the molecule is CCCC(=O)CNC(=O)CCC(=O)CNC(=O)CCOCC.CCOCCNC(=O)c1ccc2nc(CSC)c(CSC)nc2c1.COc1cccc2c1C(=O)c1c(O)c3c(c(O)c1C2=O)C[C@@](O)(c1csc(CN(C)C(=O)CNC(C)=O)n1)C[C@@H]3O[C@H]1C[C@H]2[C@H](O[C@@H]3[C@@H](OC)OCCN32)[C@H](C)O1. The Hall–Kier alpha value is -7.60. The third kappa shape index (κ3) is 20.5. The number of morpholine rings is 1. The van der Waals surface area contributed by atoms with E-state index >= 15 is 0 Å². The average Bonchev–Trinajstić information content (AvgIpc) is 0.739. The highest BCUT2D eigenvalue weighted by Crippen LogP contribution is 2.55. The number of thioether (sulfide) groups is 2. The van der Waals surface area contributed by atoms with Gasteiger partial charge in [0.15, 0.2) is 36.2 Å². The highest BCUT2D eigenvalue weighted by molar-refractivity contribution is 7.98. The number of carbonyl (C=O) groups excluding carboxylic acids is 9. The summed E-state index contributed by atoms with van der Waals surface area (Å²) in [5, 5.41) is 49.1. The number of thiazole rings is 1. The number of nitrogens with one attached hydrogen (secondary N) is 4. The van der Waals surface area contributed by atoms with Crippen LogP contribution >= 0.6 is 34.9 Å². The number of nitrogens with zero attached hydrogens (tertiary/aromatic N) is 5. The van der Waals surface area contributed by atoms with Gasteiger partial charge in [0.1, 0.15) is 34.0 Å². The van der Waals surface area contributed by atoms with Crippen molar-refractivity contribution in [1.29, 1.82) is 0 Å². The molecule has 3 fully saturated rings. The number of hydrogen-bond donors (Lipinski definition) is 7. The molecule has 8 atom stereocenters. The van der Waals surface area contributed by atoms with Crippen LogP contribution in [0.15, 0.2) is 41.8 Å². The summed E-state index contributed by atoms with van der Waals surface area (Å²) in [6, 6.07) is 9.85. The first kappa shape index (κ1) is 81.1. The largest absolute Gasteiger partial charge is 0.507 e. The molecule has 0 bridgehead atoms. The summed E-state index contributed by atoms with van der Waals surface area (Å²) in [4.78, 5) is 128. The van der Waals surface area contributed by atoms with Gasteiger partial charge in [0.2, 0.25) is 29.4 Å². The first-order valence-corrected chi connectivity index (χ1v) is 37.8. The normalized spacial score (nSPS) is 20.8. The van der Waals surface area contributed by atoms with Gasteiger partial charge in [-0.25, -0.2) is 15.0 Å². The van der Waals surface area contributed by atoms with Gasteiger partial charge in [-0.3, -0.25) is 48.1 Å². The molecule has 0 saturated carbocycles. The molecule has 5 heterocycles. The van der Waals surface area contributed by atoms with E-state index in [1.807, 2.05) is 39.8 Å². The summed E-state index contributed by atoms with van der Waals surface area (Å²) < 4.78 is 46.4. The molecule has 0 radical (unpaired) electrons. The lowest BCUT2D eigenvalue weighted by Crippen LogP contribution is -2.55. The van der Waals surface area contributed by atoms with Crippen LogP contribution in [0.3, 0.4) is 0 Å². The number of aromatic nitrogens is 3. The topological polar surface area (TPSA) is 381 Å². The average molecular weight is 1490 g/mol. The lowest BCUT2D eigenvalue weighted by atomic mass is 9.72. The van der Waals surface area contributed by atoms with Gasteiger partial charge in [-0.1, -0.05) is 19.1 Å². The van der Waals surface area contributed by atoms with Crippen LogP contribution in [0.4, 0.5) is 0 Å². The molecule has 5 aliphatic rings. The fourth-order valence-electron chi connectivity index (χ4n) is 12.6. The number of methoxy groups -OCH3 is 2. The standard InChI is InChI=1S/C39H44N4O13S.C17H23N3O2S2.C15H26N2O5/c1-17-36-21(43-9-10-53-38(52-5)37(43)56-36)11-27(54-17)55-23-13-39(50,24-16-57-25(41-24)15-42(3)26(45)14-40-18(2)44)12-20-29(23)35(49)31-30(33(20)47)32(46)19-7-6-8-22(51-4)28(19)34(31)48;1-4-22-8-7-18-17(21)12-5-6-13-14(9-12)20-16(11-24-3)15(19-13)10-23-2;1-3-5-12(18)10-16-14(20)7-6-13(19)11-17-15(21)8-9-22-4-2/h6-8,16-17,21,23,27,36-38,47,49-50H,9-15H2,1-5H3,(H,40,44);5-6,9H,4,7-8,10-11H2,1-3H3,(H,18,21);3-11H2,1-2H3,(H,16,20)(H,17,21)/t17-,21-,23-,27-,36+,37+,38-,39-;;/m0../s1. The number of phenolic OH excluding ortho intramolecular Hbond substituents is 2. The molecule has 5 aromatic rings. The minimum atomic E-state index is -1.83. The number of fused-ring (bicyclic) bond motifs is 7. The first-order valence-electron chi connectivity index (χ1n) is 34.1. The summed E-state index contributed by atoms with van der Waals surface area (Å²) >= 11 is 4.66. The maximum atomic E-state index is 14.2. The van der Waals surface area contributed by atoms with Gasteiger partial charge in [-0.2, -0.15) is 23.5 Å². The molecule has 103 heavy (non-hydrogen) atoms. The van der Waals surface area contributed by atoms with Crippen molar-refractivity contribution in [1.82, 2.24) is 46.0 Å². The monoisotopic (exact) mass is 1490 g/mol. The van der Waals surface area contributed by atoms with Gasteiger partial charge < -0.3 is 79.4 Å². The highest BCUT2D eigenvalue weighted by Gasteiger charge is 2.55. The van der Waals surface area contributed by atoms with E-state index in [9.17, 15) is 58.5 Å². The van der Waals surface area contributed by atoms with Crippen LogP contribution in [0.5, 0.6) is 17.2 Å². The number of likely N-dealkylation sites (N-methyl/N-ethyl adjacent to an activating group) is 1. The molecule has 0 unspecified atom stereocenters. The number of benzene rings is 3. The number of amides is 5. The predicted molar refractivity (Wildman–Crippen MR) is 382 cm³/mol.